The lowest BCUT2D eigenvalue weighted by Crippen LogP contribution is -2.05. The van der Waals surface area contributed by atoms with Crippen molar-refractivity contribution in [2.75, 3.05) is 5.32 Å². The quantitative estimate of drug-likeness (QED) is 0.645. The van der Waals surface area contributed by atoms with Crippen LogP contribution in [0.3, 0.4) is 0 Å². The van der Waals surface area contributed by atoms with E-state index in [4.69, 9.17) is 4.74 Å². The largest absolute Gasteiger partial charge is 0.416 e. The van der Waals surface area contributed by atoms with Crippen molar-refractivity contribution in [3.05, 3.63) is 64.8 Å². The summed E-state index contributed by atoms with van der Waals surface area (Å²) in [5, 5.41) is 3.67. The van der Waals surface area contributed by atoms with Crippen LogP contribution in [0, 0.1) is 6.92 Å². The Kier molecular flexibility index (Phi) is 5.23. The summed E-state index contributed by atoms with van der Waals surface area (Å²) < 4.78 is 43.4. The number of fused-ring (bicyclic) bond motifs is 1. The van der Waals surface area contributed by atoms with Gasteiger partial charge in [-0.3, -0.25) is 4.79 Å². The molecular formula is C20H19F3N2O2. The molecule has 0 aliphatic rings. The Morgan fingerprint density at radius 3 is 2.41 bits per heavy atom. The number of aromatic amines is 1. The van der Waals surface area contributed by atoms with Gasteiger partial charge in [-0.25, -0.2) is 0 Å². The minimum atomic E-state index is -4.34. The minimum absolute atomic E-state index is 0.155. The molecule has 7 heteroatoms. The molecule has 0 fully saturated rings. The van der Waals surface area contributed by atoms with Crippen molar-refractivity contribution >= 4 is 22.5 Å². The van der Waals surface area contributed by atoms with E-state index in [1.165, 1.54) is 19.1 Å². The number of carbonyl (C=O) groups excluding carboxylic acids is 1. The number of aromatic nitrogens is 1. The molecule has 0 aliphatic carbocycles. The van der Waals surface area contributed by atoms with Gasteiger partial charge in [0.25, 0.3) is 0 Å². The fourth-order valence-electron chi connectivity index (χ4n) is 2.94. The summed E-state index contributed by atoms with van der Waals surface area (Å²) in [7, 11) is 0. The van der Waals surface area contributed by atoms with Gasteiger partial charge in [0.2, 0.25) is 5.91 Å². The molecule has 1 amide bonds. The first-order valence-corrected chi connectivity index (χ1v) is 8.36. The molecule has 0 aliphatic heterocycles. The molecule has 0 saturated carbocycles. The van der Waals surface area contributed by atoms with E-state index in [-0.39, 0.29) is 12.5 Å². The van der Waals surface area contributed by atoms with Crippen molar-refractivity contribution in [1.29, 1.82) is 0 Å². The Bertz CT molecular complexity index is 960. The zero-order chi connectivity index (χ0) is 19.6. The molecule has 0 saturated heterocycles. The first-order chi connectivity index (χ1) is 12.7. The van der Waals surface area contributed by atoms with Crippen molar-refractivity contribution in [2.45, 2.75) is 33.2 Å². The van der Waals surface area contributed by atoms with Crippen LogP contribution in [0.2, 0.25) is 0 Å². The number of ether oxygens (including phenoxy) is 1. The summed E-state index contributed by atoms with van der Waals surface area (Å²) in [4.78, 5) is 14.5. The Labute approximate surface area is 154 Å². The SMILES string of the molecule is CC(=O)Nc1c[nH]c2c(C)cc(COCc3ccc(C(F)(F)F)cc3)cc12. The van der Waals surface area contributed by atoms with E-state index in [1.54, 1.807) is 6.20 Å². The number of anilines is 1. The Morgan fingerprint density at radius 1 is 1.11 bits per heavy atom. The number of carbonyl (C=O) groups is 1. The van der Waals surface area contributed by atoms with Crippen LogP contribution in [0.5, 0.6) is 0 Å². The molecule has 1 heterocycles. The predicted octanol–water partition coefficient (Wildman–Crippen LogP) is 5.17. The number of aryl methyl sites for hydroxylation is 1. The van der Waals surface area contributed by atoms with Gasteiger partial charge in [-0.15, -0.1) is 0 Å². The van der Waals surface area contributed by atoms with Crippen LogP contribution >= 0.6 is 0 Å². The molecule has 142 valence electrons. The second-order valence-electron chi connectivity index (χ2n) is 6.41. The Balaban J connectivity index is 1.69. The van der Waals surface area contributed by atoms with Crippen LogP contribution in [0.4, 0.5) is 18.9 Å². The van der Waals surface area contributed by atoms with Crippen molar-refractivity contribution in [3.63, 3.8) is 0 Å². The third kappa shape index (κ3) is 4.49. The minimum Gasteiger partial charge on any atom is -0.372 e. The smallest absolute Gasteiger partial charge is 0.372 e. The van der Waals surface area contributed by atoms with Crippen molar-refractivity contribution < 1.29 is 22.7 Å². The van der Waals surface area contributed by atoms with E-state index >= 15 is 0 Å². The molecule has 2 N–H and O–H groups in total. The lowest BCUT2D eigenvalue weighted by atomic mass is 10.1. The molecular weight excluding hydrogens is 357 g/mol. The zero-order valence-corrected chi connectivity index (χ0v) is 14.9. The topological polar surface area (TPSA) is 54.1 Å². The van der Waals surface area contributed by atoms with Crippen LogP contribution < -0.4 is 5.32 Å². The maximum Gasteiger partial charge on any atom is 0.416 e. The summed E-state index contributed by atoms with van der Waals surface area (Å²) in [6.45, 7) is 3.92. The monoisotopic (exact) mass is 376 g/mol. The Hall–Kier alpha value is -2.80. The van der Waals surface area contributed by atoms with Crippen LogP contribution in [-0.4, -0.2) is 10.9 Å². The van der Waals surface area contributed by atoms with E-state index in [2.05, 4.69) is 10.3 Å². The van der Waals surface area contributed by atoms with Gasteiger partial charge in [0.05, 0.1) is 30.0 Å². The molecule has 0 spiro atoms. The molecule has 0 bridgehead atoms. The summed E-state index contributed by atoms with van der Waals surface area (Å²) in [6, 6.07) is 8.83. The number of H-pyrrole nitrogens is 1. The lowest BCUT2D eigenvalue weighted by molar-refractivity contribution is -0.137. The number of rotatable bonds is 5. The van der Waals surface area contributed by atoms with Gasteiger partial charge in [0.1, 0.15) is 0 Å². The van der Waals surface area contributed by atoms with Gasteiger partial charge in [0, 0.05) is 18.5 Å². The summed E-state index contributed by atoms with van der Waals surface area (Å²) in [5.74, 6) is -0.155. The van der Waals surface area contributed by atoms with Gasteiger partial charge in [0.15, 0.2) is 0 Å². The highest BCUT2D eigenvalue weighted by Gasteiger charge is 2.29. The lowest BCUT2D eigenvalue weighted by Gasteiger charge is -2.09. The molecule has 27 heavy (non-hydrogen) atoms. The average molecular weight is 376 g/mol. The second-order valence-corrected chi connectivity index (χ2v) is 6.41. The average Bonchev–Trinajstić information content (AvgIpc) is 2.97. The highest BCUT2D eigenvalue weighted by Crippen LogP contribution is 2.30. The van der Waals surface area contributed by atoms with E-state index in [0.717, 1.165) is 34.2 Å². The predicted molar refractivity (Wildman–Crippen MR) is 97.3 cm³/mol. The fraction of sp³-hybridized carbons (Fsp3) is 0.250. The normalized spacial score (nSPS) is 11.7. The van der Waals surface area contributed by atoms with Crippen LogP contribution in [-0.2, 0) is 28.9 Å². The molecule has 2 aromatic carbocycles. The third-order valence-electron chi connectivity index (χ3n) is 4.18. The number of amides is 1. The van der Waals surface area contributed by atoms with E-state index < -0.39 is 11.7 Å². The summed E-state index contributed by atoms with van der Waals surface area (Å²) in [6.07, 6.45) is -2.60. The number of alkyl halides is 3. The highest BCUT2D eigenvalue weighted by molar-refractivity contribution is 6.02. The molecule has 0 atom stereocenters. The van der Waals surface area contributed by atoms with Gasteiger partial charge < -0.3 is 15.0 Å². The first-order valence-electron chi connectivity index (χ1n) is 8.36. The van der Waals surface area contributed by atoms with E-state index in [0.29, 0.717) is 17.9 Å². The highest BCUT2D eigenvalue weighted by atomic mass is 19.4. The molecule has 3 rings (SSSR count). The van der Waals surface area contributed by atoms with Crippen LogP contribution in [0.15, 0.2) is 42.6 Å². The number of hydrogen-bond acceptors (Lipinski definition) is 2. The molecule has 0 unspecified atom stereocenters. The number of halogens is 3. The standard InChI is InChI=1S/C20H19F3N2O2/c1-12-7-15(8-17-18(25-13(2)26)9-24-19(12)17)11-27-10-14-3-5-16(6-4-14)20(21,22)23/h3-9,24H,10-11H2,1-2H3,(H,25,26). The van der Waals surface area contributed by atoms with Gasteiger partial charge in [-0.2, -0.15) is 13.2 Å². The van der Waals surface area contributed by atoms with E-state index in [9.17, 15) is 18.0 Å². The van der Waals surface area contributed by atoms with Crippen LogP contribution in [0.1, 0.15) is 29.2 Å². The Morgan fingerprint density at radius 2 is 1.78 bits per heavy atom. The number of hydrogen-bond donors (Lipinski definition) is 2. The van der Waals surface area contributed by atoms with Gasteiger partial charge in [-0.1, -0.05) is 18.2 Å². The first kappa shape index (κ1) is 19.0. The molecule has 0 radical (unpaired) electrons. The van der Waals surface area contributed by atoms with Crippen LogP contribution in [0.25, 0.3) is 10.9 Å². The van der Waals surface area contributed by atoms with Crippen molar-refractivity contribution in [3.8, 4) is 0 Å². The van der Waals surface area contributed by atoms with Gasteiger partial charge >= 0.3 is 6.18 Å². The number of nitrogens with one attached hydrogen (secondary N) is 2. The number of benzene rings is 2. The van der Waals surface area contributed by atoms with E-state index in [1.807, 2.05) is 19.1 Å². The molecule has 3 aromatic rings. The maximum absolute atomic E-state index is 12.6. The summed E-state index contributed by atoms with van der Waals surface area (Å²) in [5.41, 5.74) is 3.55. The van der Waals surface area contributed by atoms with Crippen molar-refractivity contribution in [2.24, 2.45) is 0 Å². The summed E-state index contributed by atoms with van der Waals surface area (Å²) >= 11 is 0. The molecule has 4 nitrogen and oxygen atoms in total. The second kappa shape index (κ2) is 7.44. The maximum atomic E-state index is 12.6. The van der Waals surface area contributed by atoms with Crippen molar-refractivity contribution in [1.82, 2.24) is 4.98 Å². The van der Waals surface area contributed by atoms with Gasteiger partial charge in [-0.05, 0) is 41.8 Å². The third-order valence-corrected chi connectivity index (χ3v) is 4.18. The zero-order valence-electron chi connectivity index (χ0n) is 14.9. The molecule has 1 aromatic heterocycles. The fourth-order valence-corrected chi connectivity index (χ4v) is 2.94.